The number of fused-ring (bicyclic) bond motifs is 1. The van der Waals surface area contributed by atoms with Crippen molar-refractivity contribution in [3.63, 3.8) is 0 Å². The Balaban J connectivity index is 2.65. The van der Waals surface area contributed by atoms with E-state index in [1.807, 2.05) is 0 Å². The molecule has 0 amide bonds. The summed E-state index contributed by atoms with van der Waals surface area (Å²) in [5, 5.41) is 17.8. The highest BCUT2D eigenvalue weighted by Gasteiger charge is 2.15. The Bertz CT molecular complexity index is 586. The van der Waals surface area contributed by atoms with Gasteiger partial charge in [-0.3, -0.25) is 20.0 Å². The fourth-order valence-corrected chi connectivity index (χ4v) is 1.45. The number of nitro groups is 1. The van der Waals surface area contributed by atoms with Gasteiger partial charge in [0.05, 0.1) is 10.6 Å². The van der Waals surface area contributed by atoms with E-state index in [1.165, 1.54) is 18.2 Å². The number of aromatic amines is 1. The molecule has 6 heteroatoms. The molecule has 0 atom stereocenters. The van der Waals surface area contributed by atoms with Crippen LogP contribution in [0.15, 0.2) is 24.3 Å². The maximum absolute atomic E-state index is 10.7. The molecule has 0 aliphatic heterocycles. The van der Waals surface area contributed by atoms with Gasteiger partial charge in [-0.15, -0.1) is 0 Å². The van der Waals surface area contributed by atoms with Crippen molar-refractivity contribution in [1.29, 1.82) is 0 Å². The van der Waals surface area contributed by atoms with Crippen LogP contribution in [-0.4, -0.2) is 21.4 Å². The standard InChI is InChI=1S/C10H7N3O3/c14-6-2-4-8-7-3-1-5-9(13(15)16)10(7)12-11-8/h1-6H,(H,11,12). The van der Waals surface area contributed by atoms with Gasteiger partial charge in [0.1, 0.15) is 6.29 Å². The molecule has 16 heavy (non-hydrogen) atoms. The molecule has 1 aromatic carbocycles. The van der Waals surface area contributed by atoms with Crippen LogP contribution in [0.1, 0.15) is 5.69 Å². The zero-order valence-corrected chi connectivity index (χ0v) is 8.08. The highest BCUT2D eigenvalue weighted by Crippen LogP contribution is 2.25. The number of para-hydroxylation sites is 1. The second-order valence-corrected chi connectivity index (χ2v) is 3.06. The SMILES string of the molecule is O=CC=Cc1[nH]nc2c([N+](=O)[O-])cccc12. The van der Waals surface area contributed by atoms with Gasteiger partial charge in [-0.1, -0.05) is 12.1 Å². The summed E-state index contributed by atoms with van der Waals surface area (Å²) in [6.45, 7) is 0. The van der Waals surface area contributed by atoms with Crippen molar-refractivity contribution in [2.24, 2.45) is 0 Å². The number of allylic oxidation sites excluding steroid dienone is 1. The molecule has 0 spiro atoms. The molecule has 6 nitrogen and oxygen atoms in total. The van der Waals surface area contributed by atoms with Crippen molar-refractivity contribution in [2.45, 2.75) is 0 Å². The predicted octanol–water partition coefficient (Wildman–Crippen LogP) is 1.68. The number of aldehydes is 1. The van der Waals surface area contributed by atoms with Crippen LogP contribution >= 0.6 is 0 Å². The number of aromatic nitrogens is 2. The van der Waals surface area contributed by atoms with E-state index in [-0.39, 0.29) is 11.2 Å². The van der Waals surface area contributed by atoms with Gasteiger partial charge >= 0.3 is 0 Å². The van der Waals surface area contributed by atoms with E-state index in [0.29, 0.717) is 17.4 Å². The third-order valence-electron chi connectivity index (χ3n) is 2.13. The average molecular weight is 217 g/mol. The second kappa shape index (κ2) is 3.93. The number of carbonyl (C=O) groups is 1. The van der Waals surface area contributed by atoms with Crippen molar-refractivity contribution >= 4 is 29.0 Å². The molecule has 0 radical (unpaired) electrons. The first-order chi connectivity index (χ1) is 7.74. The average Bonchev–Trinajstić information content (AvgIpc) is 2.69. The largest absolute Gasteiger partial charge is 0.299 e. The van der Waals surface area contributed by atoms with Gasteiger partial charge in [-0.25, -0.2) is 0 Å². The number of carbonyl (C=O) groups excluding carboxylic acids is 1. The number of nitro benzene ring substituents is 1. The molecular weight excluding hydrogens is 210 g/mol. The monoisotopic (exact) mass is 217 g/mol. The molecule has 1 N–H and O–H groups in total. The lowest BCUT2D eigenvalue weighted by Crippen LogP contribution is -1.88. The van der Waals surface area contributed by atoms with Crippen LogP contribution in [0.5, 0.6) is 0 Å². The highest BCUT2D eigenvalue weighted by atomic mass is 16.6. The molecule has 0 aliphatic carbocycles. The first-order valence-corrected chi connectivity index (χ1v) is 4.47. The number of hydrogen-bond acceptors (Lipinski definition) is 4. The fourth-order valence-electron chi connectivity index (χ4n) is 1.45. The Kier molecular flexibility index (Phi) is 2.47. The minimum atomic E-state index is -0.490. The van der Waals surface area contributed by atoms with Crippen molar-refractivity contribution in [1.82, 2.24) is 10.2 Å². The Morgan fingerprint density at radius 3 is 2.94 bits per heavy atom. The van der Waals surface area contributed by atoms with Crippen LogP contribution in [0.25, 0.3) is 17.0 Å². The predicted molar refractivity (Wildman–Crippen MR) is 57.8 cm³/mol. The number of rotatable bonds is 3. The van der Waals surface area contributed by atoms with E-state index in [0.717, 1.165) is 0 Å². The molecule has 1 heterocycles. The van der Waals surface area contributed by atoms with Crippen molar-refractivity contribution in [3.05, 3.63) is 40.1 Å². The molecule has 0 fully saturated rings. The van der Waals surface area contributed by atoms with Crippen molar-refractivity contribution in [2.75, 3.05) is 0 Å². The lowest BCUT2D eigenvalue weighted by molar-refractivity contribution is -0.383. The lowest BCUT2D eigenvalue weighted by atomic mass is 10.2. The molecule has 0 saturated heterocycles. The number of benzene rings is 1. The zero-order valence-electron chi connectivity index (χ0n) is 8.08. The maximum atomic E-state index is 10.7. The number of nitrogens with zero attached hydrogens (tertiary/aromatic N) is 2. The molecule has 80 valence electrons. The quantitative estimate of drug-likeness (QED) is 0.366. The molecule has 0 aliphatic rings. The van der Waals surface area contributed by atoms with E-state index in [1.54, 1.807) is 12.1 Å². The first-order valence-electron chi connectivity index (χ1n) is 4.47. The van der Waals surface area contributed by atoms with E-state index in [9.17, 15) is 14.9 Å². The molecule has 2 aromatic rings. The number of nitrogens with one attached hydrogen (secondary N) is 1. The van der Waals surface area contributed by atoms with Gasteiger partial charge in [0.25, 0.3) is 5.69 Å². The van der Waals surface area contributed by atoms with Crippen molar-refractivity contribution in [3.8, 4) is 0 Å². The summed E-state index contributed by atoms with van der Waals surface area (Å²) in [6, 6.07) is 4.67. The lowest BCUT2D eigenvalue weighted by Gasteiger charge is -1.91. The second-order valence-electron chi connectivity index (χ2n) is 3.06. The summed E-state index contributed by atoms with van der Waals surface area (Å²) in [5.41, 5.74) is 0.809. The van der Waals surface area contributed by atoms with Crippen LogP contribution in [0, 0.1) is 10.1 Å². The van der Waals surface area contributed by atoms with Gasteiger partial charge in [0.15, 0.2) is 5.52 Å². The Hall–Kier alpha value is -2.50. The molecule has 0 bridgehead atoms. The Morgan fingerprint density at radius 1 is 1.44 bits per heavy atom. The summed E-state index contributed by atoms with van der Waals surface area (Å²) < 4.78 is 0. The molecule has 1 aromatic heterocycles. The normalized spacial score (nSPS) is 11.0. The van der Waals surface area contributed by atoms with Crippen molar-refractivity contribution < 1.29 is 9.72 Å². The summed E-state index contributed by atoms with van der Waals surface area (Å²) in [4.78, 5) is 20.4. The Labute approximate surface area is 89.7 Å². The van der Waals surface area contributed by atoms with Gasteiger partial charge in [0.2, 0.25) is 0 Å². The number of non-ortho nitro benzene ring substituents is 1. The summed E-state index contributed by atoms with van der Waals surface area (Å²) in [6.07, 6.45) is 3.45. The van der Waals surface area contributed by atoms with Crippen LogP contribution in [0.4, 0.5) is 5.69 Å². The first kappa shape index (κ1) is 10.0. The van der Waals surface area contributed by atoms with Gasteiger partial charge in [0, 0.05) is 11.5 Å². The zero-order chi connectivity index (χ0) is 11.5. The van der Waals surface area contributed by atoms with Crippen LogP contribution in [0.2, 0.25) is 0 Å². The third-order valence-corrected chi connectivity index (χ3v) is 2.13. The third kappa shape index (κ3) is 1.56. The minimum absolute atomic E-state index is 0.0560. The molecule has 2 rings (SSSR count). The highest BCUT2D eigenvalue weighted by molar-refractivity contribution is 5.93. The van der Waals surface area contributed by atoms with Crippen LogP contribution < -0.4 is 0 Å². The van der Waals surface area contributed by atoms with Gasteiger partial charge in [-0.2, -0.15) is 5.10 Å². The summed E-state index contributed by atoms with van der Waals surface area (Å²) in [5.74, 6) is 0. The molecule has 0 unspecified atom stereocenters. The van der Waals surface area contributed by atoms with Crippen LogP contribution in [-0.2, 0) is 4.79 Å². The smallest absolute Gasteiger partial charge is 0.297 e. The molecule has 0 saturated carbocycles. The number of hydrogen-bond donors (Lipinski definition) is 1. The van der Waals surface area contributed by atoms with E-state index in [4.69, 9.17) is 0 Å². The number of H-pyrrole nitrogens is 1. The van der Waals surface area contributed by atoms with Gasteiger partial charge in [-0.05, 0) is 12.2 Å². The topological polar surface area (TPSA) is 88.9 Å². The van der Waals surface area contributed by atoms with Crippen LogP contribution in [0.3, 0.4) is 0 Å². The van der Waals surface area contributed by atoms with E-state index < -0.39 is 4.92 Å². The van der Waals surface area contributed by atoms with E-state index in [2.05, 4.69) is 10.2 Å². The summed E-state index contributed by atoms with van der Waals surface area (Å²) >= 11 is 0. The van der Waals surface area contributed by atoms with Gasteiger partial charge < -0.3 is 0 Å². The van der Waals surface area contributed by atoms with E-state index >= 15 is 0 Å². The molecular formula is C10H7N3O3. The maximum Gasteiger partial charge on any atom is 0.297 e. The fraction of sp³-hybridized carbons (Fsp3) is 0. The summed E-state index contributed by atoms with van der Waals surface area (Å²) in [7, 11) is 0. The minimum Gasteiger partial charge on any atom is -0.299 e. The Morgan fingerprint density at radius 2 is 2.25 bits per heavy atom.